The molecule has 0 rings (SSSR count). The van der Waals surface area contributed by atoms with Crippen molar-refractivity contribution in [3.63, 3.8) is 0 Å². The molecule has 0 fully saturated rings. The molecule has 0 aromatic rings. The molecule has 3 N–H and O–H groups in total. The molecule has 0 amide bonds. The van der Waals surface area contributed by atoms with E-state index in [-0.39, 0.29) is 0 Å². The maximum absolute atomic E-state index is 10.4. The minimum Gasteiger partial charge on any atom is -0.485 e. The van der Waals surface area contributed by atoms with Crippen molar-refractivity contribution in [2.75, 3.05) is 0 Å². The lowest BCUT2D eigenvalue weighted by Crippen LogP contribution is -2.57. The van der Waals surface area contributed by atoms with Crippen molar-refractivity contribution in [3.05, 3.63) is 6.92 Å². The molecule has 0 aromatic heterocycles. The zero-order valence-electron chi connectivity index (χ0n) is 5.98. The van der Waals surface area contributed by atoms with Gasteiger partial charge in [-0.3, -0.25) is 14.4 Å². The average Bonchev–Trinajstić information content (AvgIpc) is 1.86. The SMILES string of the molecule is [CH2]C[Si](C(=O)O)(C(=O)O)C(=O)O. The van der Waals surface area contributed by atoms with Gasteiger partial charge in [0.15, 0.2) is 0 Å². The van der Waals surface area contributed by atoms with E-state index in [1.807, 2.05) is 0 Å². The van der Waals surface area contributed by atoms with E-state index in [0.29, 0.717) is 0 Å². The quantitative estimate of drug-likeness (QED) is 0.572. The van der Waals surface area contributed by atoms with Gasteiger partial charge in [0.05, 0.1) is 0 Å². The Bertz CT molecular complexity index is 198. The van der Waals surface area contributed by atoms with Crippen LogP contribution in [0.3, 0.4) is 0 Å². The van der Waals surface area contributed by atoms with Crippen LogP contribution in [0.5, 0.6) is 0 Å². The van der Waals surface area contributed by atoms with Gasteiger partial charge in [-0.2, -0.15) is 0 Å². The minimum atomic E-state index is -4.36. The molecule has 0 spiro atoms. The summed E-state index contributed by atoms with van der Waals surface area (Å²) >= 11 is 0. The Morgan fingerprint density at radius 2 is 1.25 bits per heavy atom. The van der Waals surface area contributed by atoms with Crippen LogP contribution in [0.1, 0.15) is 0 Å². The van der Waals surface area contributed by atoms with Crippen molar-refractivity contribution in [1.29, 1.82) is 0 Å². The molecule has 0 bridgehead atoms. The second-order valence-electron chi connectivity index (χ2n) is 2.07. The van der Waals surface area contributed by atoms with Crippen molar-refractivity contribution in [2.24, 2.45) is 0 Å². The molecule has 0 aliphatic carbocycles. The fourth-order valence-corrected chi connectivity index (χ4v) is 1.79. The standard InChI is InChI=1S/C5H7O6Si/c1-2-12(3(6)7,4(8)9)5(10)11/h1-2H2,(H,6,7)(H,8,9)(H,10,11). The van der Waals surface area contributed by atoms with Crippen molar-refractivity contribution < 1.29 is 29.7 Å². The molecule has 0 aromatic carbocycles. The molecule has 0 aliphatic heterocycles. The first-order valence-corrected chi connectivity index (χ1v) is 5.09. The largest absolute Gasteiger partial charge is 0.485 e. The van der Waals surface area contributed by atoms with Gasteiger partial charge in [0.25, 0.3) is 16.8 Å². The molecule has 0 saturated heterocycles. The van der Waals surface area contributed by atoms with Crippen LogP contribution in [0.25, 0.3) is 0 Å². The normalized spacial score (nSPS) is 10.8. The molecule has 7 heteroatoms. The van der Waals surface area contributed by atoms with E-state index in [9.17, 15) is 14.4 Å². The third-order valence-corrected chi connectivity index (χ3v) is 4.41. The summed E-state index contributed by atoms with van der Waals surface area (Å²) in [6.07, 6.45) is 0. The van der Waals surface area contributed by atoms with E-state index in [4.69, 9.17) is 15.3 Å². The monoisotopic (exact) mass is 191 g/mol. The molecule has 0 heterocycles. The van der Waals surface area contributed by atoms with Gasteiger partial charge in [0.1, 0.15) is 0 Å². The summed E-state index contributed by atoms with van der Waals surface area (Å²) in [5, 5.41) is 25.3. The lowest BCUT2D eigenvalue weighted by Gasteiger charge is -2.13. The average molecular weight is 191 g/mol. The summed E-state index contributed by atoms with van der Waals surface area (Å²) in [6, 6.07) is -0.604. The summed E-state index contributed by atoms with van der Waals surface area (Å²) in [6.45, 7) is 3.04. The van der Waals surface area contributed by atoms with Crippen molar-refractivity contribution in [1.82, 2.24) is 0 Å². The first-order chi connectivity index (χ1) is 5.39. The first-order valence-electron chi connectivity index (χ1n) is 2.89. The molecular formula is C5H7O6Si. The van der Waals surface area contributed by atoms with Crippen molar-refractivity contribution >= 4 is 24.9 Å². The van der Waals surface area contributed by atoms with Crippen LogP contribution in [-0.2, 0) is 0 Å². The van der Waals surface area contributed by atoms with Gasteiger partial charge in [-0.25, -0.2) is 0 Å². The second kappa shape index (κ2) is 3.35. The molecule has 12 heavy (non-hydrogen) atoms. The molecule has 67 valence electrons. The summed E-state index contributed by atoms with van der Waals surface area (Å²) in [4.78, 5) is 31.2. The zero-order valence-corrected chi connectivity index (χ0v) is 6.98. The van der Waals surface area contributed by atoms with Crippen LogP contribution in [0, 0.1) is 6.92 Å². The molecule has 6 nitrogen and oxygen atoms in total. The highest BCUT2D eigenvalue weighted by atomic mass is 28.3. The Hall–Kier alpha value is -1.37. The van der Waals surface area contributed by atoms with Crippen LogP contribution < -0.4 is 0 Å². The first kappa shape index (κ1) is 10.6. The van der Waals surface area contributed by atoms with Gasteiger partial charge in [0, 0.05) is 0 Å². The second-order valence-corrected chi connectivity index (χ2v) is 5.66. The van der Waals surface area contributed by atoms with Crippen LogP contribution in [0.15, 0.2) is 0 Å². The lowest BCUT2D eigenvalue weighted by atomic mass is 11.0. The molecular weight excluding hydrogens is 184 g/mol. The topological polar surface area (TPSA) is 112 Å². The maximum Gasteiger partial charge on any atom is 0.430 e. The van der Waals surface area contributed by atoms with Gasteiger partial charge in [-0.15, -0.1) is 0 Å². The highest BCUT2D eigenvalue weighted by Gasteiger charge is 2.58. The van der Waals surface area contributed by atoms with Crippen LogP contribution >= 0.6 is 0 Å². The Kier molecular flexibility index (Phi) is 2.97. The molecule has 0 unspecified atom stereocenters. The summed E-state index contributed by atoms with van der Waals surface area (Å²) < 4.78 is 0. The van der Waals surface area contributed by atoms with Crippen LogP contribution in [0.2, 0.25) is 6.04 Å². The summed E-state index contributed by atoms with van der Waals surface area (Å²) in [7, 11) is -4.36. The maximum atomic E-state index is 10.4. The number of hydrogen-bond acceptors (Lipinski definition) is 3. The van der Waals surface area contributed by atoms with Crippen molar-refractivity contribution in [2.45, 2.75) is 6.04 Å². The predicted octanol–water partition coefficient (Wildman–Crippen LogP) is 1.05. The number of carboxylic acid groups (broad SMARTS) is 3. The Morgan fingerprint density at radius 3 is 1.25 bits per heavy atom. The van der Waals surface area contributed by atoms with Crippen LogP contribution in [-0.4, -0.2) is 40.2 Å². The van der Waals surface area contributed by atoms with E-state index in [0.717, 1.165) is 0 Å². The van der Waals surface area contributed by atoms with Crippen molar-refractivity contribution in [3.8, 4) is 0 Å². The molecule has 0 saturated carbocycles. The van der Waals surface area contributed by atoms with E-state index >= 15 is 0 Å². The van der Waals surface area contributed by atoms with Gasteiger partial charge < -0.3 is 15.3 Å². The van der Waals surface area contributed by atoms with E-state index < -0.39 is 30.9 Å². The Labute approximate surface area is 68.4 Å². The van der Waals surface area contributed by atoms with Gasteiger partial charge in [0.2, 0.25) is 0 Å². The fraction of sp³-hybridized carbons (Fsp3) is 0.200. The number of rotatable bonds is 4. The third kappa shape index (κ3) is 1.30. The minimum absolute atomic E-state index is 0.604. The smallest absolute Gasteiger partial charge is 0.430 e. The number of carbonyl (C=O) groups is 3. The van der Waals surface area contributed by atoms with E-state index in [1.165, 1.54) is 0 Å². The Morgan fingerprint density at radius 1 is 1.00 bits per heavy atom. The van der Waals surface area contributed by atoms with Crippen LogP contribution in [0.4, 0.5) is 14.4 Å². The summed E-state index contributed by atoms with van der Waals surface area (Å²) in [5.74, 6) is 0. The highest BCUT2D eigenvalue weighted by Crippen LogP contribution is 2.12. The van der Waals surface area contributed by atoms with E-state index in [2.05, 4.69) is 6.92 Å². The highest BCUT2D eigenvalue weighted by molar-refractivity contribution is 7.38. The summed E-state index contributed by atoms with van der Waals surface area (Å²) in [5.41, 5.74) is -5.34. The predicted molar refractivity (Wildman–Crippen MR) is 40.0 cm³/mol. The molecule has 1 radical (unpaired) electrons. The third-order valence-electron chi connectivity index (χ3n) is 1.47. The van der Waals surface area contributed by atoms with Gasteiger partial charge >= 0.3 is 8.07 Å². The molecule has 0 aliphatic rings. The number of hydrogen-bond donors (Lipinski definition) is 3. The van der Waals surface area contributed by atoms with E-state index in [1.54, 1.807) is 0 Å². The van der Waals surface area contributed by atoms with Gasteiger partial charge in [-0.1, -0.05) is 6.92 Å². The fourth-order valence-electron chi connectivity index (χ4n) is 0.595. The Balaban J connectivity index is 5.19. The molecule has 0 atom stereocenters. The zero-order chi connectivity index (χ0) is 9.94. The van der Waals surface area contributed by atoms with Gasteiger partial charge in [-0.05, 0) is 6.04 Å². The lowest BCUT2D eigenvalue weighted by molar-refractivity contribution is 0.201.